The molecular formula is C29H28N4S. The van der Waals surface area contributed by atoms with E-state index in [9.17, 15) is 0 Å². The summed E-state index contributed by atoms with van der Waals surface area (Å²) in [4.78, 5) is 5.60. The molecule has 34 heavy (non-hydrogen) atoms. The van der Waals surface area contributed by atoms with Crippen LogP contribution in [0.15, 0.2) is 65.7 Å². The first-order valence-corrected chi connectivity index (χ1v) is 12.1. The predicted octanol–water partition coefficient (Wildman–Crippen LogP) is 5.99. The van der Waals surface area contributed by atoms with E-state index in [-0.39, 0.29) is 0 Å². The zero-order valence-corrected chi connectivity index (χ0v) is 20.7. The highest BCUT2D eigenvalue weighted by molar-refractivity contribution is 7.80. The third-order valence-corrected chi connectivity index (χ3v) is 6.86. The van der Waals surface area contributed by atoms with Crippen LogP contribution in [-0.4, -0.2) is 32.6 Å². The second-order valence-corrected chi connectivity index (χ2v) is 9.68. The molecule has 0 radical (unpaired) electrons. The molecule has 3 aromatic carbocycles. The average Bonchev–Trinajstić information content (AvgIpc) is 3.26. The summed E-state index contributed by atoms with van der Waals surface area (Å²) in [5.74, 6) is 0. The molecule has 1 aromatic heterocycles. The van der Waals surface area contributed by atoms with E-state index in [1.165, 1.54) is 39.1 Å². The quantitative estimate of drug-likeness (QED) is 0.260. The summed E-state index contributed by atoms with van der Waals surface area (Å²) in [6, 6.07) is 21.3. The van der Waals surface area contributed by atoms with E-state index in [0.717, 1.165) is 41.1 Å². The van der Waals surface area contributed by atoms with Crippen molar-refractivity contribution in [3.8, 4) is 16.9 Å². The van der Waals surface area contributed by atoms with Gasteiger partial charge in [0.2, 0.25) is 0 Å². The number of thiocarbonyl (C=S) groups is 1. The van der Waals surface area contributed by atoms with Crippen molar-refractivity contribution >= 4 is 23.3 Å². The minimum Gasteiger partial charge on any atom is -0.287 e. The van der Waals surface area contributed by atoms with Crippen LogP contribution in [0.25, 0.3) is 16.9 Å². The van der Waals surface area contributed by atoms with Gasteiger partial charge in [0.05, 0.1) is 17.9 Å². The number of rotatable bonds is 6. The predicted molar refractivity (Wildman–Crippen MR) is 144 cm³/mol. The molecule has 1 heterocycles. The van der Waals surface area contributed by atoms with Gasteiger partial charge in [-0.2, -0.15) is 0 Å². The summed E-state index contributed by atoms with van der Waals surface area (Å²) in [6.07, 6.45) is 4.63. The summed E-state index contributed by atoms with van der Waals surface area (Å²) < 4.78 is 1.98. The van der Waals surface area contributed by atoms with Gasteiger partial charge in [0.15, 0.2) is 0 Å². The van der Waals surface area contributed by atoms with Crippen LogP contribution < -0.4 is 0 Å². The van der Waals surface area contributed by atoms with Crippen molar-refractivity contribution in [2.45, 2.75) is 40.0 Å². The Balaban J connectivity index is 1.30. The molecule has 0 amide bonds. The lowest BCUT2D eigenvalue weighted by Gasteiger charge is -2.17. The monoisotopic (exact) mass is 464 g/mol. The Morgan fingerprint density at radius 3 is 2.53 bits per heavy atom. The highest BCUT2D eigenvalue weighted by Crippen LogP contribution is 2.33. The van der Waals surface area contributed by atoms with E-state index in [1.807, 2.05) is 10.9 Å². The molecule has 4 nitrogen and oxygen atoms in total. The van der Waals surface area contributed by atoms with Gasteiger partial charge in [-0.15, -0.1) is 5.10 Å². The average molecular weight is 465 g/mol. The van der Waals surface area contributed by atoms with Crippen LogP contribution in [0, 0.1) is 20.8 Å². The Hall–Kier alpha value is -3.44. The Labute approximate surface area is 206 Å². The molecule has 0 atom stereocenters. The summed E-state index contributed by atoms with van der Waals surface area (Å²) >= 11 is 5.63. The minimum absolute atomic E-state index is 0.565. The second-order valence-electron chi connectivity index (χ2n) is 9.10. The zero-order valence-electron chi connectivity index (χ0n) is 19.9. The van der Waals surface area contributed by atoms with Gasteiger partial charge in [-0.1, -0.05) is 65.5 Å². The van der Waals surface area contributed by atoms with Gasteiger partial charge in [0.1, 0.15) is 5.69 Å². The number of nitrogens with zero attached hydrogens (tertiary/aromatic N) is 4. The first-order chi connectivity index (χ1) is 16.5. The summed E-state index contributed by atoms with van der Waals surface area (Å²) in [5.41, 5.74) is 11.9. The van der Waals surface area contributed by atoms with Crippen molar-refractivity contribution in [1.82, 2.24) is 15.0 Å². The fraction of sp³-hybridized carbons (Fsp3) is 0.241. The Bertz CT molecular complexity index is 1380. The van der Waals surface area contributed by atoms with E-state index < -0.39 is 0 Å². The van der Waals surface area contributed by atoms with E-state index in [4.69, 9.17) is 12.2 Å². The van der Waals surface area contributed by atoms with Crippen molar-refractivity contribution < 1.29 is 0 Å². The van der Waals surface area contributed by atoms with E-state index in [1.54, 1.807) is 0 Å². The summed E-state index contributed by atoms with van der Waals surface area (Å²) in [7, 11) is 0. The Morgan fingerprint density at radius 1 is 1.00 bits per heavy atom. The minimum atomic E-state index is 0.565. The highest BCUT2D eigenvalue weighted by atomic mass is 32.1. The van der Waals surface area contributed by atoms with Gasteiger partial charge in [-0.25, -0.2) is 4.68 Å². The number of hydrogen-bond donors (Lipinski definition) is 0. The second kappa shape index (κ2) is 9.43. The molecule has 4 aromatic rings. The molecule has 0 N–H and O–H groups in total. The largest absolute Gasteiger partial charge is 0.287 e. The third kappa shape index (κ3) is 4.48. The van der Waals surface area contributed by atoms with Gasteiger partial charge >= 0.3 is 0 Å². The SMILES string of the molecule is Cc1ccc(-n2nnc3c2CCc2cc(C=NCC(=S)Cc4c(C)cccc4C)ccc2-3)cc1. The normalized spacial score (nSPS) is 12.6. The van der Waals surface area contributed by atoms with Gasteiger partial charge in [0.25, 0.3) is 0 Å². The maximum atomic E-state index is 5.63. The van der Waals surface area contributed by atoms with Crippen LogP contribution in [0.2, 0.25) is 0 Å². The zero-order chi connectivity index (χ0) is 23.7. The van der Waals surface area contributed by atoms with E-state index in [2.05, 4.69) is 96.7 Å². The number of aliphatic imine (C=N–C) groups is 1. The first-order valence-electron chi connectivity index (χ1n) is 11.7. The Kier molecular flexibility index (Phi) is 6.20. The van der Waals surface area contributed by atoms with Crippen LogP contribution in [-0.2, 0) is 19.3 Å². The third-order valence-electron chi connectivity index (χ3n) is 6.58. The van der Waals surface area contributed by atoms with Gasteiger partial charge in [-0.05, 0) is 79.6 Å². The van der Waals surface area contributed by atoms with Crippen molar-refractivity contribution in [3.05, 3.63) is 99.7 Å². The highest BCUT2D eigenvalue weighted by Gasteiger charge is 2.23. The van der Waals surface area contributed by atoms with Crippen LogP contribution in [0.5, 0.6) is 0 Å². The number of hydrogen-bond acceptors (Lipinski definition) is 4. The molecule has 0 fully saturated rings. The number of aromatic nitrogens is 3. The fourth-order valence-corrected chi connectivity index (χ4v) is 4.87. The van der Waals surface area contributed by atoms with E-state index >= 15 is 0 Å². The van der Waals surface area contributed by atoms with Crippen LogP contribution in [0.3, 0.4) is 0 Å². The lowest BCUT2D eigenvalue weighted by atomic mass is 9.91. The van der Waals surface area contributed by atoms with Crippen LogP contribution in [0.1, 0.15) is 39.1 Å². The lowest BCUT2D eigenvalue weighted by molar-refractivity contribution is 0.751. The van der Waals surface area contributed by atoms with Crippen molar-refractivity contribution in [1.29, 1.82) is 0 Å². The number of fused-ring (bicyclic) bond motifs is 3. The van der Waals surface area contributed by atoms with E-state index in [0.29, 0.717) is 6.54 Å². The summed E-state index contributed by atoms with van der Waals surface area (Å²) in [5, 5.41) is 8.99. The Morgan fingerprint density at radius 2 is 1.76 bits per heavy atom. The van der Waals surface area contributed by atoms with Crippen molar-refractivity contribution in [2.24, 2.45) is 4.99 Å². The lowest BCUT2D eigenvalue weighted by Crippen LogP contribution is -2.09. The molecule has 0 bridgehead atoms. The molecule has 0 saturated heterocycles. The molecular weight excluding hydrogens is 436 g/mol. The van der Waals surface area contributed by atoms with Crippen LogP contribution >= 0.6 is 12.2 Å². The standard InChI is InChI=1S/C29H28N4S/c1-19-7-11-24(12-8-19)33-28-14-10-23-15-22(9-13-26(23)29(28)31-32-33)17-30-18-25(34)16-27-20(2)5-4-6-21(27)3/h4-9,11-13,15,17H,10,14,16,18H2,1-3H3. The number of benzene rings is 3. The fourth-order valence-electron chi connectivity index (χ4n) is 4.65. The molecule has 1 aliphatic rings. The molecule has 5 rings (SSSR count). The molecule has 5 heteroatoms. The molecule has 0 saturated carbocycles. The van der Waals surface area contributed by atoms with Gasteiger partial charge < -0.3 is 0 Å². The maximum Gasteiger partial charge on any atom is 0.116 e. The van der Waals surface area contributed by atoms with Crippen LogP contribution in [0.4, 0.5) is 0 Å². The maximum absolute atomic E-state index is 5.63. The van der Waals surface area contributed by atoms with Gasteiger partial charge in [0, 0.05) is 23.1 Å². The number of aryl methyl sites for hydroxylation is 4. The topological polar surface area (TPSA) is 43.1 Å². The first kappa shape index (κ1) is 22.4. The molecule has 0 spiro atoms. The molecule has 170 valence electrons. The van der Waals surface area contributed by atoms with Crippen molar-refractivity contribution in [3.63, 3.8) is 0 Å². The smallest absolute Gasteiger partial charge is 0.116 e. The van der Waals surface area contributed by atoms with Crippen molar-refractivity contribution in [2.75, 3.05) is 6.54 Å². The molecule has 0 aliphatic heterocycles. The molecule has 1 aliphatic carbocycles. The molecule has 0 unspecified atom stereocenters. The van der Waals surface area contributed by atoms with Gasteiger partial charge in [-0.3, -0.25) is 4.99 Å². The summed E-state index contributed by atoms with van der Waals surface area (Å²) in [6.45, 7) is 6.95.